The maximum absolute atomic E-state index is 11.7. The van der Waals surface area contributed by atoms with E-state index in [0.717, 1.165) is 25.9 Å². The van der Waals surface area contributed by atoms with Gasteiger partial charge >= 0.3 is 6.03 Å². The first kappa shape index (κ1) is 14.8. The highest BCUT2D eigenvalue weighted by Crippen LogP contribution is 2.08. The summed E-state index contributed by atoms with van der Waals surface area (Å²) in [5, 5.41) is 5.63. The molecule has 1 rings (SSSR count). The molecule has 0 aliphatic carbocycles. The number of likely N-dealkylation sites (tertiary alicyclic amines) is 1. The highest BCUT2D eigenvalue weighted by molar-refractivity contribution is 5.78. The first-order valence-corrected chi connectivity index (χ1v) is 6.89. The number of rotatable bonds is 5. The van der Waals surface area contributed by atoms with E-state index < -0.39 is 0 Å². The van der Waals surface area contributed by atoms with Gasteiger partial charge in [0.25, 0.3) is 0 Å². The Morgan fingerprint density at radius 2 is 1.78 bits per heavy atom. The highest BCUT2D eigenvalue weighted by atomic mass is 16.2. The van der Waals surface area contributed by atoms with E-state index in [2.05, 4.69) is 24.5 Å². The summed E-state index contributed by atoms with van der Waals surface area (Å²) in [7, 11) is 0. The molecule has 0 atom stereocenters. The van der Waals surface area contributed by atoms with E-state index >= 15 is 0 Å². The first-order valence-electron chi connectivity index (χ1n) is 6.89. The molecule has 0 saturated carbocycles. The van der Waals surface area contributed by atoms with Crippen LogP contribution in [0.3, 0.4) is 0 Å². The number of carbonyl (C=O) groups excluding carboxylic acids is 2. The molecule has 1 fully saturated rings. The number of urea groups is 1. The largest absolute Gasteiger partial charge is 0.356 e. The summed E-state index contributed by atoms with van der Waals surface area (Å²) in [5.41, 5.74) is 0. The molecule has 0 aromatic rings. The Morgan fingerprint density at radius 1 is 1.11 bits per heavy atom. The van der Waals surface area contributed by atoms with Gasteiger partial charge in [-0.05, 0) is 25.2 Å². The van der Waals surface area contributed by atoms with Crippen LogP contribution in [-0.2, 0) is 4.79 Å². The SMILES string of the molecule is CC(C)CNC(=O)CCNC(=O)N1CCCCC1. The lowest BCUT2D eigenvalue weighted by Crippen LogP contribution is -2.43. The summed E-state index contributed by atoms with van der Waals surface area (Å²) in [5.74, 6) is 0.458. The van der Waals surface area contributed by atoms with Crippen LogP contribution >= 0.6 is 0 Å². The van der Waals surface area contributed by atoms with Crippen molar-refractivity contribution in [2.75, 3.05) is 26.2 Å². The predicted octanol–water partition coefficient (Wildman–Crippen LogP) is 1.34. The van der Waals surface area contributed by atoms with Crippen LogP contribution in [0.2, 0.25) is 0 Å². The van der Waals surface area contributed by atoms with Crippen molar-refractivity contribution in [1.29, 1.82) is 0 Å². The zero-order chi connectivity index (χ0) is 13.4. The van der Waals surface area contributed by atoms with Gasteiger partial charge in [0.05, 0.1) is 0 Å². The van der Waals surface area contributed by atoms with Gasteiger partial charge in [-0.25, -0.2) is 4.79 Å². The maximum Gasteiger partial charge on any atom is 0.317 e. The quantitative estimate of drug-likeness (QED) is 0.779. The van der Waals surface area contributed by atoms with E-state index in [0.29, 0.717) is 25.4 Å². The molecule has 5 nitrogen and oxygen atoms in total. The second-order valence-electron chi connectivity index (χ2n) is 5.23. The Morgan fingerprint density at radius 3 is 2.39 bits per heavy atom. The van der Waals surface area contributed by atoms with Crippen molar-refractivity contribution in [3.8, 4) is 0 Å². The van der Waals surface area contributed by atoms with Gasteiger partial charge < -0.3 is 15.5 Å². The summed E-state index contributed by atoms with van der Waals surface area (Å²) < 4.78 is 0. The monoisotopic (exact) mass is 255 g/mol. The molecule has 5 heteroatoms. The first-order chi connectivity index (χ1) is 8.59. The molecular weight excluding hydrogens is 230 g/mol. The number of nitrogens with zero attached hydrogens (tertiary/aromatic N) is 1. The van der Waals surface area contributed by atoms with Crippen LogP contribution in [0.25, 0.3) is 0 Å². The molecule has 0 spiro atoms. The van der Waals surface area contributed by atoms with Gasteiger partial charge in [-0.1, -0.05) is 13.8 Å². The molecule has 3 amide bonds. The van der Waals surface area contributed by atoms with Crippen LogP contribution in [-0.4, -0.2) is 43.0 Å². The third-order valence-electron chi connectivity index (χ3n) is 2.98. The Bertz CT molecular complexity index is 273. The molecule has 1 heterocycles. The second-order valence-corrected chi connectivity index (χ2v) is 5.23. The third kappa shape index (κ3) is 5.89. The molecule has 18 heavy (non-hydrogen) atoms. The van der Waals surface area contributed by atoms with E-state index in [1.807, 2.05) is 4.90 Å². The number of nitrogens with one attached hydrogen (secondary N) is 2. The zero-order valence-electron chi connectivity index (χ0n) is 11.5. The predicted molar refractivity (Wildman–Crippen MR) is 71.3 cm³/mol. The maximum atomic E-state index is 11.7. The van der Waals surface area contributed by atoms with Crippen molar-refractivity contribution < 1.29 is 9.59 Å². The minimum atomic E-state index is -0.0358. The van der Waals surface area contributed by atoms with Crippen LogP contribution in [0.15, 0.2) is 0 Å². The lowest BCUT2D eigenvalue weighted by Gasteiger charge is -2.26. The van der Waals surface area contributed by atoms with Crippen LogP contribution in [0.1, 0.15) is 39.5 Å². The number of hydrogen-bond acceptors (Lipinski definition) is 2. The summed E-state index contributed by atoms with van der Waals surface area (Å²) in [6, 6.07) is -0.0358. The summed E-state index contributed by atoms with van der Waals surface area (Å²) in [4.78, 5) is 25.0. The number of piperidine rings is 1. The smallest absolute Gasteiger partial charge is 0.317 e. The van der Waals surface area contributed by atoms with Crippen LogP contribution < -0.4 is 10.6 Å². The van der Waals surface area contributed by atoms with Gasteiger partial charge in [-0.2, -0.15) is 0 Å². The molecule has 1 saturated heterocycles. The molecule has 0 aromatic carbocycles. The third-order valence-corrected chi connectivity index (χ3v) is 2.98. The van der Waals surface area contributed by atoms with Crippen LogP contribution in [0.5, 0.6) is 0 Å². The Labute approximate surface area is 109 Å². The Kier molecular flexibility index (Phi) is 6.54. The summed E-state index contributed by atoms with van der Waals surface area (Å²) in [6.45, 7) is 6.89. The van der Waals surface area contributed by atoms with Gasteiger partial charge in [0.15, 0.2) is 0 Å². The summed E-state index contributed by atoms with van der Waals surface area (Å²) >= 11 is 0. The molecule has 1 aliphatic heterocycles. The van der Waals surface area contributed by atoms with Crippen LogP contribution in [0.4, 0.5) is 4.79 Å². The molecule has 1 aliphatic rings. The molecule has 0 unspecified atom stereocenters. The van der Waals surface area contributed by atoms with Crippen molar-refractivity contribution in [2.24, 2.45) is 5.92 Å². The van der Waals surface area contributed by atoms with Crippen LogP contribution in [0, 0.1) is 5.92 Å². The fourth-order valence-corrected chi connectivity index (χ4v) is 1.90. The standard InChI is InChI=1S/C13H25N3O2/c1-11(2)10-15-12(17)6-7-14-13(18)16-8-4-3-5-9-16/h11H,3-10H2,1-2H3,(H,14,18)(H,15,17). The van der Waals surface area contributed by atoms with Crippen molar-refractivity contribution in [1.82, 2.24) is 15.5 Å². The van der Waals surface area contributed by atoms with E-state index in [1.165, 1.54) is 6.42 Å². The highest BCUT2D eigenvalue weighted by Gasteiger charge is 2.15. The van der Waals surface area contributed by atoms with E-state index in [-0.39, 0.29) is 11.9 Å². The number of amides is 3. The lowest BCUT2D eigenvalue weighted by atomic mass is 10.1. The van der Waals surface area contributed by atoms with Gasteiger partial charge in [0.2, 0.25) is 5.91 Å². The summed E-state index contributed by atoms with van der Waals surface area (Å²) in [6.07, 6.45) is 3.73. The van der Waals surface area contributed by atoms with Gasteiger partial charge in [0.1, 0.15) is 0 Å². The van der Waals surface area contributed by atoms with Crippen molar-refractivity contribution >= 4 is 11.9 Å². The van der Waals surface area contributed by atoms with Gasteiger partial charge in [-0.15, -0.1) is 0 Å². The topological polar surface area (TPSA) is 61.4 Å². The van der Waals surface area contributed by atoms with E-state index in [4.69, 9.17) is 0 Å². The van der Waals surface area contributed by atoms with Crippen molar-refractivity contribution in [2.45, 2.75) is 39.5 Å². The number of carbonyl (C=O) groups is 2. The van der Waals surface area contributed by atoms with Crippen molar-refractivity contribution in [3.63, 3.8) is 0 Å². The van der Waals surface area contributed by atoms with Gasteiger partial charge in [0, 0.05) is 32.6 Å². The zero-order valence-corrected chi connectivity index (χ0v) is 11.5. The minimum absolute atomic E-state index is 0.00245. The Hall–Kier alpha value is -1.26. The number of hydrogen-bond donors (Lipinski definition) is 2. The molecule has 2 N–H and O–H groups in total. The van der Waals surface area contributed by atoms with E-state index in [9.17, 15) is 9.59 Å². The fraction of sp³-hybridized carbons (Fsp3) is 0.846. The average Bonchev–Trinajstić information content (AvgIpc) is 2.37. The molecule has 104 valence electrons. The van der Waals surface area contributed by atoms with E-state index in [1.54, 1.807) is 0 Å². The second kappa shape index (κ2) is 7.95. The minimum Gasteiger partial charge on any atom is -0.356 e. The Balaban J connectivity index is 2.09. The normalized spacial score (nSPS) is 15.6. The lowest BCUT2D eigenvalue weighted by molar-refractivity contribution is -0.121. The fourth-order valence-electron chi connectivity index (χ4n) is 1.90. The molecule has 0 aromatic heterocycles. The molecule has 0 bridgehead atoms. The molecule has 0 radical (unpaired) electrons. The average molecular weight is 255 g/mol. The molecular formula is C13H25N3O2. The van der Waals surface area contributed by atoms with Gasteiger partial charge in [-0.3, -0.25) is 4.79 Å². The van der Waals surface area contributed by atoms with Crippen molar-refractivity contribution in [3.05, 3.63) is 0 Å².